The summed E-state index contributed by atoms with van der Waals surface area (Å²) >= 11 is 0. The fraction of sp³-hybridized carbons (Fsp3) is 0.600. The summed E-state index contributed by atoms with van der Waals surface area (Å²) in [7, 11) is -3.89. The van der Waals surface area contributed by atoms with E-state index in [9.17, 15) is 13.5 Å². The van der Waals surface area contributed by atoms with Crippen molar-refractivity contribution in [2.45, 2.75) is 31.2 Å². The van der Waals surface area contributed by atoms with Gasteiger partial charge in [-0.1, -0.05) is 24.3 Å². The van der Waals surface area contributed by atoms with E-state index in [0.717, 1.165) is 38.4 Å². The Hall–Kier alpha value is -0.990. The van der Waals surface area contributed by atoms with Gasteiger partial charge in [-0.15, -0.1) is 0 Å². The van der Waals surface area contributed by atoms with Gasteiger partial charge in [0.15, 0.2) is 0 Å². The van der Waals surface area contributed by atoms with E-state index < -0.39 is 20.9 Å². The van der Waals surface area contributed by atoms with Crippen molar-refractivity contribution in [1.29, 1.82) is 0 Å². The van der Waals surface area contributed by atoms with Gasteiger partial charge in [-0.05, 0) is 25.0 Å². The molecule has 0 spiro atoms. The molecule has 1 heterocycles. The molecule has 0 bridgehead atoms. The summed E-state index contributed by atoms with van der Waals surface area (Å²) in [5, 5.41) is 14.2. The molecule has 0 radical (unpaired) electrons. The van der Waals surface area contributed by atoms with Crippen molar-refractivity contribution in [2.75, 3.05) is 26.3 Å². The van der Waals surface area contributed by atoms with Gasteiger partial charge in [-0.25, -0.2) is 13.6 Å². The summed E-state index contributed by atoms with van der Waals surface area (Å²) in [6, 6.07) is 7.22. The van der Waals surface area contributed by atoms with Crippen molar-refractivity contribution >= 4 is 10.0 Å². The second kappa shape index (κ2) is 6.64. The van der Waals surface area contributed by atoms with Crippen LogP contribution in [0.1, 0.15) is 30.2 Å². The van der Waals surface area contributed by atoms with E-state index in [0.29, 0.717) is 5.56 Å². The van der Waals surface area contributed by atoms with Crippen molar-refractivity contribution in [3.63, 3.8) is 0 Å². The predicted octanol–water partition coefficient (Wildman–Crippen LogP) is 0.619. The highest BCUT2D eigenvalue weighted by Crippen LogP contribution is 2.31. The molecular formula is C15H24N2O4S. The van der Waals surface area contributed by atoms with Gasteiger partial charge in [0, 0.05) is 19.6 Å². The largest absolute Gasteiger partial charge is 0.389 e. The lowest BCUT2D eigenvalue weighted by Crippen LogP contribution is -2.38. The van der Waals surface area contributed by atoms with E-state index in [1.165, 1.54) is 13.8 Å². The number of rotatable bonds is 5. The fourth-order valence-electron chi connectivity index (χ4n) is 2.81. The Morgan fingerprint density at radius 2 is 1.82 bits per heavy atom. The first kappa shape index (κ1) is 17.4. The zero-order valence-electron chi connectivity index (χ0n) is 13.0. The second-order valence-electron chi connectivity index (χ2n) is 6.25. The summed E-state index contributed by atoms with van der Waals surface area (Å²) in [5.41, 5.74) is 0.148. The van der Waals surface area contributed by atoms with Crippen LogP contribution in [0, 0.1) is 0 Å². The van der Waals surface area contributed by atoms with Crippen LogP contribution >= 0.6 is 0 Å². The quantitative estimate of drug-likeness (QED) is 0.826. The zero-order valence-corrected chi connectivity index (χ0v) is 13.8. The maximum Gasteiger partial charge on any atom is 0.219 e. The molecule has 0 unspecified atom stereocenters. The van der Waals surface area contributed by atoms with Gasteiger partial charge in [-0.3, -0.25) is 4.90 Å². The standard InChI is InChI=1S/C15H24N2O4S/c1-15(2,18)14(22(16,19)20)13-5-3-12(4-6-13)11-17-7-9-21-10-8-17/h3-6,14,18H,7-11H2,1-2H3,(H2,16,19,20)/t14-/m1/s1. The molecule has 1 aromatic rings. The number of benzene rings is 1. The van der Waals surface area contributed by atoms with Crippen LogP contribution < -0.4 is 5.14 Å². The third kappa shape index (κ3) is 4.50. The molecular weight excluding hydrogens is 304 g/mol. The highest BCUT2D eigenvalue weighted by molar-refractivity contribution is 7.89. The number of primary sulfonamides is 1. The van der Waals surface area contributed by atoms with Crippen LogP contribution in [0.5, 0.6) is 0 Å². The molecule has 6 nitrogen and oxygen atoms in total. The van der Waals surface area contributed by atoms with Crippen LogP contribution in [-0.2, 0) is 21.3 Å². The van der Waals surface area contributed by atoms with Crippen LogP contribution in [0.2, 0.25) is 0 Å². The molecule has 3 N–H and O–H groups in total. The van der Waals surface area contributed by atoms with Crippen LogP contribution in [0.25, 0.3) is 0 Å². The highest BCUT2D eigenvalue weighted by Gasteiger charge is 2.37. The summed E-state index contributed by atoms with van der Waals surface area (Å²) < 4.78 is 28.9. The first-order valence-electron chi connectivity index (χ1n) is 7.31. The number of morpholine rings is 1. The first-order valence-corrected chi connectivity index (χ1v) is 8.92. The van der Waals surface area contributed by atoms with Gasteiger partial charge in [0.05, 0.1) is 18.8 Å². The minimum Gasteiger partial charge on any atom is -0.389 e. The Bertz CT molecular complexity index is 587. The summed E-state index contributed by atoms with van der Waals surface area (Å²) in [6.07, 6.45) is 0. The SMILES string of the molecule is CC(C)(O)[C@@H](c1ccc(CN2CCOCC2)cc1)S(N)(=O)=O. The number of nitrogens with two attached hydrogens (primary N) is 1. The smallest absolute Gasteiger partial charge is 0.219 e. The average Bonchev–Trinajstić information content (AvgIpc) is 2.39. The van der Waals surface area contributed by atoms with Crippen molar-refractivity contribution in [1.82, 2.24) is 4.90 Å². The number of ether oxygens (including phenoxy) is 1. The molecule has 1 atom stereocenters. The predicted molar refractivity (Wildman–Crippen MR) is 84.7 cm³/mol. The molecule has 124 valence electrons. The molecule has 1 aliphatic heterocycles. The fourth-order valence-corrected chi connectivity index (χ4v) is 4.16. The lowest BCUT2D eigenvalue weighted by atomic mass is 9.97. The van der Waals surface area contributed by atoms with Crippen molar-refractivity contribution < 1.29 is 18.3 Å². The molecule has 22 heavy (non-hydrogen) atoms. The Labute approximate surface area is 131 Å². The molecule has 0 saturated carbocycles. The lowest BCUT2D eigenvalue weighted by Gasteiger charge is -2.28. The number of sulfonamides is 1. The molecule has 1 aromatic carbocycles. The Morgan fingerprint density at radius 3 is 2.27 bits per heavy atom. The summed E-state index contributed by atoms with van der Waals surface area (Å²) in [4.78, 5) is 2.28. The third-order valence-corrected chi connectivity index (χ3v) is 5.27. The number of aliphatic hydroxyl groups is 1. The van der Waals surface area contributed by atoms with E-state index in [4.69, 9.17) is 9.88 Å². The summed E-state index contributed by atoms with van der Waals surface area (Å²) in [5.74, 6) is 0. The minimum atomic E-state index is -3.89. The maximum absolute atomic E-state index is 11.8. The van der Waals surface area contributed by atoms with Crippen molar-refractivity contribution in [3.8, 4) is 0 Å². The monoisotopic (exact) mass is 328 g/mol. The molecule has 1 aliphatic rings. The van der Waals surface area contributed by atoms with E-state index in [-0.39, 0.29) is 0 Å². The third-order valence-electron chi connectivity index (χ3n) is 3.76. The molecule has 0 amide bonds. The minimum absolute atomic E-state index is 0.501. The second-order valence-corrected chi connectivity index (χ2v) is 7.90. The Kier molecular flexibility index (Phi) is 5.24. The van der Waals surface area contributed by atoms with E-state index in [1.807, 2.05) is 12.1 Å². The van der Waals surface area contributed by atoms with Gasteiger partial charge in [0.1, 0.15) is 5.25 Å². The number of hydrogen-bond donors (Lipinski definition) is 2. The maximum atomic E-state index is 11.8. The topological polar surface area (TPSA) is 92.9 Å². The molecule has 1 saturated heterocycles. The molecule has 0 aromatic heterocycles. The van der Waals surface area contributed by atoms with E-state index >= 15 is 0 Å². The Morgan fingerprint density at radius 1 is 1.27 bits per heavy atom. The van der Waals surface area contributed by atoms with Crippen LogP contribution in [0.4, 0.5) is 0 Å². The van der Waals surface area contributed by atoms with Crippen molar-refractivity contribution in [2.24, 2.45) is 5.14 Å². The first-order chi connectivity index (χ1) is 10.2. The normalized spacial score (nSPS) is 19.1. The summed E-state index contributed by atoms with van der Waals surface area (Å²) in [6.45, 7) is 6.96. The van der Waals surface area contributed by atoms with Gasteiger partial charge < -0.3 is 9.84 Å². The van der Waals surface area contributed by atoms with Crippen LogP contribution in [-0.4, -0.2) is 50.3 Å². The molecule has 2 rings (SSSR count). The lowest BCUT2D eigenvalue weighted by molar-refractivity contribution is 0.0342. The number of nitrogens with zero attached hydrogens (tertiary/aromatic N) is 1. The highest BCUT2D eigenvalue weighted by atomic mass is 32.2. The zero-order chi connectivity index (χ0) is 16.4. The number of hydrogen-bond acceptors (Lipinski definition) is 5. The average molecular weight is 328 g/mol. The van der Waals surface area contributed by atoms with Gasteiger partial charge in [-0.2, -0.15) is 0 Å². The van der Waals surface area contributed by atoms with Gasteiger partial charge in [0.2, 0.25) is 10.0 Å². The molecule has 7 heteroatoms. The van der Waals surface area contributed by atoms with E-state index in [1.54, 1.807) is 12.1 Å². The Balaban J connectivity index is 2.16. The molecule has 1 fully saturated rings. The van der Waals surface area contributed by atoms with Gasteiger partial charge >= 0.3 is 0 Å². The van der Waals surface area contributed by atoms with Gasteiger partial charge in [0.25, 0.3) is 0 Å². The van der Waals surface area contributed by atoms with Crippen molar-refractivity contribution in [3.05, 3.63) is 35.4 Å². The van der Waals surface area contributed by atoms with Crippen LogP contribution in [0.15, 0.2) is 24.3 Å². The molecule has 0 aliphatic carbocycles. The van der Waals surface area contributed by atoms with Crippen LogP contribution in [0.3, 0.4) is 0 Å². The van der Waals surface area contributed by atoms with E-state index in [2.05, 4.69) is 4.90 Å².